The van der Waals surface area contributed by atoms with Gasteiger partial charge in [-0.15, -0.1) is 0 Å². The van der Waals surface area contributed by atoms with Crippen LogP contribution in [0, 0.1) is 10.1 Å². The van der Waals surface area contributed by atoms with Gasteiger partial charge >= 0.3 is 5.69 Å². The zero-order chi connectivity index (χ0) is 15.7. The number of nitro groups is 1. The standard InChI is InChI=1S/C13H21N5O3/c1-2-8-15-12-7-6-10(18(20)21)13(17-12)16-9-4-3-5-11(14)19/h6-7H,2-5,8-9H2,1H3,(H2,14,19)(H2,15,16,17). The third-order valence-electron chi connectivity index (χ3n) is 2.77. The van der Waals surface area contributed by atoms with E-state index in [0.29, 0.717) is 31.6 Å². The number of hydrogen-bond donors (Lipinski definition) is 3. The van der Waals surface area contributed by atoms with Crippen molar-refractivity contribution in [1.29, 1.82) is 0 Å². The molecule has 1 aromatic heterocycles. The lowest BCUT2D eigenvalue weighted by atomic mass is 10.2. The lowest BCUT2D eigenvalue weighted by Crippen LogP contribution is -2.12. The van der Waals surface area contributed by atoms with Crippen LogP contribution in [0.3, 0.4) is 0 Å². The normalized spacial score (nSPS) is 10.1. The molecule has 0 aliphatic carbocycles. The summed E-state index contributed by atoms with van der Waals surface area (Å²) in [7, 11) is 0. The molecule has 0 aliphatic rings. The highest BCUT2D eigenvalue weighted by Crippen LogP contribution is 2.24. The summed E-state index contributed by atoms with van der Waals surface area (Å²) in [6, 6.07) is 3.02. The van der Waals surface area contributed by atoms with Crippen molar-refractivity contribution in [3.8, 4) is 0 Å². The largest absolute Gasteiger partial charge is 0.370 e. The average molecular weight is 295 g/mol. The van der Waals surface area contributed by atoms with Gasteiger partial charge in [0.1, 0.15) is 5.82 Å². The topological polar surface area (TPSA) is 123 Å². The second-order valence-electron chi connectivity index (χ2n) is 4.60. The van der Waals surface area contributed by atoms with Gasteiger partial charge in [-0.1, -0.05) is 6.92 Å². The lowest BCUT2D eigenvalue weighted by Gasteiger charge is -2.09. The molecule has 0 unspecified atom stereocenters. The minimum atomic E-state index is -0.470. The Balaban J connectivity index is 2.63. The molecule has 4 N–H and O–H groups in total. The number of carbonyl (C=O) groups is 1. The number of pyridine rings is 1. The summed E-state index contributed by atoms with van der Waals surface area (Å²) in [6.45, 7) is 3.28. The summed E-state index contributed by atoms with van der Waals surface area (Å²) in [5.74, 6) is 0.493. The maximum Gasteiger partial charge on any atom is 0.311 e. The van der Waals surface area contributed by atoms with Gasteiger partial charge in [0, 0.05) is 25.6 Å². The summed E-state index contributed by atoms with van der Waals surface area (Å²) >= 11 is 0. The maximum atomic E-state index is 11.0. The molecule has 1 aromatic rings. The molecule has 116 valence electrons. The molecule has 8 nitrogen and oxygen atoms in total. The number of hydrogen-bond acceptors (Lipinski definition) is 6. The van der Waals surface area contributed by atoms with Gasteiger partial charge in [-0.2, -0.15) is 0 Å². The van der Waals surface area contributed by atoms with E-state index < -0.39 is 4.92 Å². The molecule has 8 heteroatoms. The van der Waals surface area contributed by atoms with Crippen molar-refractivity contribution < 1.29 is 9.72 Å². The fraction of sp³-hybridized carbons (Fsp3) is 0.538. The highest BCUT2D eigenvalue weighted by atomic mass is 16.6. The molecule has 0 atom stereocenters. The van der Waals surface area contributed by atoms with Crippen LogP contribution in [-0.2, 0) is 4.79 Å². The third kappa shape index (κ3) is 6.07. The molecule has 21 heavy (non-hydrogen) atoms. The Morgan fingerprint density at radius 2 is 2.10 bits per heavy atom. The van der Waals surface area contributed by atoms with E-state index in [9.17, 15) is 14.9 Å². The van der Waals surface area contributed by atoms with Gasteiger partial charge < -0.3 is 16.4 Å². The van der Waals surface area contributed by atoms with Crippen LogP contribution < -0.4 is 16.4 Å². The van der Waals surface area contributed by atoms with Crippen molar-refractivity contribution in [2.24, 2.45) is 5.73 Å². The number of nitrogens with one attached hydrogen (secondary N) is 2. The van der Waals surface area contributed by atoms with Crippen molar-refractivity contribution in [1.82, 2.24) is 4.98 Å². The Kier molecular flexibility index (Phi) is 6.93. The first-order valence-electron chi connectivity index (χ1n) is 6.96. The van der Waals surface area contributed by atoms with E-state index in [1.54, 1.807) is 6.07 Å². The molecule has 0 aromatic carbocycles. The minimum Gasteiger partial charge on any atom is -0.370 e. The lowest BCUT2D eigenvalue weighted by molar-refractivity contribution is -0.384. The van der Waals surface area contributed by atoms with Gasteiger partial charge in [0.2, 0.25) is 11.7 Å². The Labute approximate surface area is 123 Å². The zero-order valence-electron chi connectivity index (χ0n) is 12.1. The second-order valence-corrected chi connectivity index (χ2v) is 4.60. The monoisotopic (exact) mass is 295 g/mol. The average Bonchev–Trinajstić information content (AvgIpc) is 2.44. The smallest absolute Gasteiger partial charge is 0.311 e. The summed E-state index contributed by atoms with van der Waals surface area (Å²) in [6.07, 6.45) is 2.59. The number of carbonyl (C=O) groups excluding carboxylic acids is 1. The molecular weight excluding hydrogens is 274 g/mol. The number of unbranched alkanes of at least 4 members (excludes halogenated alkanes) is 1. The van der Waals surface area contributed by atoms with Crippen LogP contribution in [-0.4, -0.2) is 28.9 Å². The van der Waals surface area contributed by atoms with Gasteiger partial charge in [0.25, 0.3) is 0 Å². The fourth-order valence-corrected chi connectivity index (χ4v) is 1.71. The number of aromatic nitrogens is 1. The van der Waals surface area contributed by atoms with Crippen LogP contribution in [0.25, 0.3) is 0 Å². The SMILES string of the molecule is CCCNc1ccc([N+](=O)[O-])c(NCCCCC(N)=O)n1. The number of nitrogens with zero attached hydrogens (tertiary/aromatic N) is 2. The highest BCUT2D eigenvalue weighted by Gasteiger charge is 2.15. The van der Waals surface area contributed by atoms with Gasteiger partial charge in [0.15, 0.2) is 0 Å². The van der Waals surface area contributed by atoms with Gasteiger partial charge in [-0.05, 0) is 25.3 Å². The predicted octanol–water partition coefficient (Wildman–Crippen LogP) is 1.88. The second kappa shape index (κ2) is 8.72. The fourth-order valence-electron chi connectivity index (χ4n) is 1.71. The van der Waals surface area contributed by atoms with E-state index in [1.807, 2.05) is 6.92 Å². The molecule has 0 radical (unpaired) electrons. The van der Waals surface area contributed by atoms with E-state index in [2.05, 4.69) is 15.6 Å². The summed E-state index contributed by atoms with van der Waals surface area (Å²) in [5.41, 5.74) is 4.98. The van der Waals surface area contributed by atoms with E-state index >= 15 is 0 Å². The van der Waals surface area contributed by atoms with E-state index in [0.717, 1.165) is 13.0 Å². The molecule has 0 saturated carbocycles. The number of anilines is 2. The maximum absolute atomic E-state index is 11.0. The number of amides is 1. The molecule has 0 saturated heterocycles. The summed E-state index contributed by atoms with van der Waals surface area (Å²) in [5, 5.41) is 17.0. The molecule has 0 aliphatic heterocycles. The first-order chi connectivity index (χ1) is 10.0. The van der Waals surface area contributed by atoms with Gasteiger partial charge in [0.05, 0.1) is 4.92 Å². The molecule has 0 bridgehead atoms. The van der Waals surface area contributed by atoms with E-state index in [1.165, 1.54) is 6.07 Å². The molecule has 0 fully saturated rings. The van der Waals surface area contributed by atoms with Crippen molar-refractivity contribution in [3.63, 3.8) is 0 Å². The number of nitrogens with two attached hydrogens (primary N) is 1. The van der Waals surface area contributed by atoms with Crippen LogP contribution in [0.15, 0.2) is 12.1 Å². The van der Waals surface area contributed by atoms with Crippen molar-refractivity contribution in [2.45, 2.75) is 32.6 Å². The summed E-state index contributed by atoms with van der Waals surface area (Å²) < 4.78 is 0. The Bertz CT molecular complexity index is 493. The van der Waals surface area contributed by atoms with Crippen LogP contribution in [0.4, 0.5) is 17.3 Å². The number of primary amides is 1. The van der Waals surface area contributed by atoms with Crippen molar-refractivity contribution in [3.05, 3.63) is 22.2 Å². The quantitative estimate of drug-likeness (QED) is 0.344. The molecule has 1 heterocycles. The van der Waals surface area contributed by atoms with Crippen LogP contribution in [0.2, 0.25) is 0 Å². The molecule has 1 rings (SSSR count). The third-order valence-corrected chi connectivity index (χ3v) is 2.77. The first-order valence-corrected chi connectivity index (χ1v) is 6.96. The van der Waals surface area contributed by atoms with Gasteiger partial charge in [-0.25, -0.2) is 4.98 Å². The van der Waals surface area contributed by atoms with Crippen LogP contribution >= 0.6 is 0 Å². The number of rotatable bonds is 10. The van der Waals surface area contributed by atoms with Crippen LogP contribution in [0.1, 0.15) is 32.6 Å². The highest BCUT2D eigenvalue weighted by molar-refractivity contribution is 5.73. The Hall–Kier alpha value is -2.38. The van der Waals surface area contributed by atoms with Crippen molar-refractivity contribution >= 4 is 23.2 Å². The Morgan fingerprint density at radius 1 is 1.33 bits per heavy atom. The predicted molar refractivity (Wildman–Crippen MR) is 81.2 cm³/mol. The molecule has 1 amide bonds. The van der Waals surface area contributed by atoms with Crippen LogP contribution in [0.5, 0.6) is 0 Å². The van der Waals surface area contributed by atoms with E-state index in [-0.39, 0.29) is 17.4 Å². The zero-order valence-corrected chi connectivity index (χ0v) is 12.1. The Morgan fingerprint density at radius 3 is 2.71 bits per heavy atom. The van der Waals surface area contributed by atoms with E-state index in [4.69, 9.17) is 5.73 Å². The molecule has 0 spiro atoms. The summed E-state index contributed by atoms with van der Waals surface area (Å²) in [4.78, 5) is 25.3. The first kappa shape index (κ1) is 16.7. The minimum absolute atomic E-state index is 0.0630. The van der Waals surface area contributed by atoms with Gasteiger partial charge in [-0.3, -0.25) is 14.9 Å². The molecular formula is C13H21N5O3. The van der Waals surface area contributed by atoms with Crippen molar-refractivity contribution in [2.75, 3.05) is 23.7 Å².